The molecule has 1 aliphatic heterocycles. The Morgan fingerprint density at radius 1 is 1.77 bits per heavy atom. The van der Waals surface area contributed by atoms with E-state index in [2.05, 4.69) is 10.1 Å². The van der Waals surface area contributed by atoms with Crippen molar-refractivity contribution in [2.24, 2.45) is 0 Å². The zero-order valence-corrected chi connectivity index (χ0v) is 7.87. The van der Waals surface area contributed by atoms with Gasteiger partial charge in [-0.1, -0.05) is 0 Å². The SMILES string of the molecule is CCOC(=O)NC1CCN(C)C1=O. The minimum absolute atomic E-state index is 0.0481. The minimum Gasteiger partial charge on any atom is -0.450 e. The summed E-state index contributed by atoms with van der Waals surface area (Å²) >= 11 is 0. The molecule has 0 aromatic rings. The topological polar surface area (TPSA) is 58.6 Å². The van der Waals surface area contributed by atoms with Gasteiger partial charge in [-0.2, -0.15) is 0 Å². The molecule has 0 aliphatic carbocycles. The summed E-state index contributed by atoms with van der Waals surface area (Å²) in [6.07, 6.45) is 0.143. The van der Waals surface area contributed by atoms with Gasteiger partial charge >= 0.3 is 6.09 Å². The Labute approximate surface area is 77.0 Å². The van der Waals surface area contributed by atoms with Crippen LogP contribution in [0.5, 0.6) is 0 Å². The lowest BCUT2D eigenvalue weighted by Crippen LogP contribution is -2.40. The van der Waals surface area contributed by atoms with E-state index in [4.69, 9.17) is 0 Å². The molecule has 5 nitrogen and oxygen atoms in total. The summed E-state index contributed by atoms with van der Waals surface area (Å²) in [5, 5.41) is 2.51. The molecule has 1 heterocycles. The Morgan fingerprint density at radius 3 is 2.92 bits per heavy atom. The molecule has 1 fully saturated rings. The maximum atomic E-state index is 11.3. The highest BCUT2D eigenvalue weighted by Crippen LogP contribution is 2.08. The number of rotatable bonds is 2. The van der Waals surface area contributed by atoms with Crippen molar-refractivity contribution in [3.63, 3.8) is 0 Å². The number of likely N-dealkylation sites (tertiary alicyclic amines) is 1. The fourth-order valence-corrected chi connectivity index (χ4v) is 1.27. The summed E-state index contributed by atoms with van der Waals surface area (Å²) in [7, 11) is 1.72. The maximum absolute atomic E-state index is 11.3. The standard InChI is InChI=1S/C8H14N2O3/c1-3-13-8(12)9-6-4-5-10(2)7(6)11/h6H,3-5H2,1-2H3,(H,9,12). The molecule has 1 N–H and O–H groups in total. The van der Waals surface area contributed by atoms with Gasteiger partial charge in [-0.25, -0.2) is 4.79 Å². The van der Waals surface area contributed by atoms with Gasteiger partial charge in [0, 0.05) is 13.6 Å². The highest BCUT2D eigenvalue weighted by Gasteiger charge is 2.30. The van der Waals surface area contributed by atoms with Crippen molar-refractivity contribution < 1.29 is 14.3 Å². The first-order valence-corrected chi connectivity index (χ1v) is 4.33. The molecule has 13 heavy (non-hydrogen) atoms. The number of carbonyl (C=O) groups excluding carboxylic acids is 2. The molecule has 1 rings (SSSR count). The Bertz CT molecular complexity index is 217. The average molecular weight is 186 g/mol. The molecule has 0 spiro atoms. The first-order chi connectivity index (χ1) is 6.15. The van der Waals surface area contributed by atoms with Crippen molar-refractivity contribution in [2.75, 3.05) is 20.2 Å². The van der Waals surface area contributed by atoms with Crippen molar-refractivity contribution in [3.8, 4) is 0 Å². The number of nitrogens with one attached hydrogen (secondary N) is 1. The smallest absolute Gasteiger partial charge is 0.407 e. The van der Waals surface area contributed by atoms with Crippen LogP contribution in [0, 0.1) is 0 Å². The Morgan fingerprint density at radius 2 is 2.46 bits per heavy atom. The van der Waals surface area contributed by atoms with Crippen molar-refractivity contribution in [1.82, 2.24) is 10.2 Å². The predicted octanol–water partition coefficient (Wildman–Crippen LogP) is -0.0368. The van der Waals surface area contributed by atoms with Gasteiger partial charge in [0.1, 0.15) is 6.04 Å². The number of ether oxygens (including phenoxy) is 1. The van der Waals surface area contributed by atoms with E-state index >= 15 is 0 Å². The number of nitrogens with zero attached hydrogens (tertiary/aromatic N) is 1. The zero-order chi connectivity index (χ0) is 9.84. The van der Waals surface area contributed by atoms with Crippen molar-refractivity contribution >= 4 is 12.0 Å². The van der Waals surface area contributed by atoms with Crippen LogP contribution in [0.2, 0.25) is 0 Å². The maximum Gasteiger partial charge on any atom is 0.407 e. The van der Waals surface area contributed by atoms with E-state index < -0.39 is 12.1 Å². The van der Waals surface area contributed by atoms with Crippen LogP contribution >= 0.6 is 0 Å². The molecule has 1 aliphatic rings. The molecule has 1 unspecified atom stereocenters. The predicted molar refractivity (Wildman–Crippen MR) is 46.2 cm³/mol. The fourth-order valence-electron chi connectivity index (χ4n) is 1.27. The molecular formula is C8H14N2O3. The lowest BCUT2D eigenvalue weighted by molar-refractivity contribution is -0.128. The van der Waals surface area contributed by atoms with Crippen LogP contribution in [-0.4, -0.2) is 43.1 Å². The first kappa shape index (κ1) is 9.83. The van der Waals surface area contributed by atoms with Gasteiger partial charge in [-0.15, -0.1) is 0 Å². The van der Waals surface area contributed by atoms with Crippen LogP contribution in [0.4, 0.5) is 4.79 Å². The highest BCUT2D eigenvalue weighted by molar-refractivity contribution is 5.87. The molecule has 5 heteroatoms. The van der Waals surface area contributed by atoms with E-state index in [-0.39, 0.29) is 5.91 Å². The molecule has 2 amide bonds. The quantitative estimate of drug-likeness (QED) is 0.658. The van der Waals surface area contributed by atoms with Crippen molar-refractivity contribution in [2.45, 2.75) is 19.4 Å². The molecule has 0 radical (unpaired) electrons. The Kier molecular flexibility index (Phi) is 3.11. The zero-order valence-electron chi connectivity index (χ0n) is 7.87. The largest absolute Gasteiger partial charge is 0.450 e. The third-order valence-electron chi connectivity index (χ3n) is 2.00. The monoisotopic (exact) mass is 186 g/mol. The number of amides is 2. The minimum atomic E-state index is -0.517. The molecular weight excluding hydrogens is 172 g/mol. The molecule has 0 aromatic heterocycles. The molecule has 1 saturated heterocycles. The molecule has 0 bridgehead atoms. The van der Waals surface area contributed by atoms with Gasteiger partial charge in [0.05, 0.1) is 6.61 Å². The van der Waals surface area contributed by atoms with Crippen molar-refractivity contribution in [1.29, 1.82) is 0 Å². The normalized spacial score (nSPS) is 21.8. The van der Waals surface area contributed by atoms with E-state index in [1.54, 1.807) is 18.9 Å². The number of hydrogen-bond acceptors (Lipinski definition) is 3. The number of carbonyl (C=O) groups is 2. The average Bonchev–Trinajstić information content (AvgIpc) is 2.37. The van der Waals surface area contributed by atoms with Gasteiger partial charge in [0.25, 0.3) is 0 Å². The lowest BCUT2D eigenvalue weighted by atomic mass is 10.2. The summed E-state index contributed by atoms with van der Waals surface area (Å²) in [6, 6.07) is -0.399. The molecule has 0 aromatic carbocycles. The van der Waals surface area contributed by atoms with Crippen molar-refractivity contribution in [3.05, 3.63) is 0 Å². The van der Waals surface area contributed by atoms with Gasteiger partial charge in [-0.3, -0.25) is 4.79 Å². The third-order valence-corrected chi connectivity index (χ3v) is 2.00. The summed E-state index contributed by atoms with van der Waals surface area (Å²) < 4.78 is 4.67. The van der Waals surface area contributed by atoms with Crippen LogP contribution in [0.25, 0.3) is 0 Å². The summed E-state index contributed by atoms with van der Waals surface area (Å²) in [5.74, 6) is -0.0481. The fraction of sp³-hybridized carbons (Fsp3) is 0.750. The molecule has 1 atom stereocenters. The third kappa shape index (κ3) is 2.34. The molecule has 0 saturated carbocycles. The van der Waals surface area contributed by atoms with E-state index in [0.717, 1.165) is 0 Å². The second-order valence-electron chi connectivity index (χ2n) is 2.97. The van der Waals surface area contributed by atoms with E-state index in [0.29, 0.717) is 19.6 Å². The van der Waals surface area contributed by atoms with E-state index in [1.807, 2.05) is 0 Å². The van der Waals surface area contributed by atoms with Crippen LogP contribution in [0.15, 0.2) is 0 Å². The number of likely N-dealkylation sites (N-methyl/N-ethyl adjacent to an activating group) is 1. The summed E-state index contributed by atoms with van der Waals surface area (Å²) in [5.41, 5.74) is 0. The summed E-state index contributed by atoms with van der Waals surface area (Å²) in [6.45, 7) is 2.74. The van der Waals surface area contributed by atoms with Gasteiger partial charge in [0.2, 0.25) is 5.91 Å². The van der Waals surface area contributed by atoms with Gasteiger partial charge in [0.15, 0.2) is 0 Å². The van der Waals surface area contributed by atoms with Crippen LogP contribution in [0.3, 0.4) is 0 Å². The molecule has 74 valence electrons. The number of alkyl carbamates (subject to hydrolysis) is 1. The van der Waals surface area contributed by atoms with E-state index in [1.165, 1.54) is 0 Å². The first-order valence-electron chi connectivity index (χ1n) is 4.33. The second-order valence-corrected chi connectivity index (χ2v) is 2.97. The van der Waals surface area contributed by atoms with Crippen LogP contribution in [-0.2, 0) is 9.53 Å². The van der Waals surface area contributed by atoms with Crippen LogP contribution < -0.4 is 5.32 Å². The summed E-state index contributed by atoms with van der Waals surface area (Å²) in [4.78, 5) is 23.8. The second kappa shape index (κ2) is 4.11. The van der Waals surface area contributed by atoms with E-state index in [9.17, 15) is 9.59 Å². The highest BCUT2D eigenvalue weighted by atomic mass is 16.5. The van der Waals surface area contributed by atoms with Gasteiger partial charge in [-0.05, 0) is 13.3 Å². The Balaban J connectivity index is 2.38. The van der Waals surface area contributed by atoms with Gasteiger partial charge < -0.3 is 15.0 Å². The van der Waals surface area contributed by atoms with Crippen LogP contribution in [0.1, 0.15) is 13.3 Å². The Hall–Kier alpha value is -1.26. The lowest BCUT2D eigenvalue weighted by Gasteiger charge is -2.11. The number of hydrogen-bond donors (Lipinski definition) is 1.